The summed E-state index contributed by atoms with van der Waals surface area (Å²) >= 11 is 0. The number of aliphatic hydroxyl groups excluding tert-OH is 2. The summed E-state index contributed by atoms with van der Waals surface area (Å²) in [7, 11) is 4.48. The normalized spacial score (nSPS) is 31.1. The maximum Gasteiger partial charge on any atom is 0.480 e. The lowest BCUT2D eigenvalue weighted by atomic mass is 9.59. The zero-order valence-corrected chi connectivity index (χ0v) is 16.6. The van der Waals surface area contributed by atoms with Crippen LogP contribution in [0.4, 0.5) is 4.39 Å². The highest BCUT2D eigenvalue weighted by Gasteiger charge is 2.68. The van der Waals surface area contributed by atoms with E-state index in [-0.39, 0.29) is 4.57 Å². The molecule has 162 valence electrons. The Hall–Kier alpha value is -1.50. The Morgan fingerprint density at radius 2 is 1.84 bits per heavy atom. The number of phosphoric acid groups is 2. The minimum absolute atomic E-state index is 0.152. The molecule has 1 unspecified atom stereocenters. The topological polar surface area (TPSA) is 218 Å². The zero-order valence-electron chi connectivity index (χ0n) is 14.9. The van der Waals surface area contributed by atoms with E-state index in [9.17, 15) is 33.8 Å². The number of nitrogens with zero attached hydrogens (tertiary/aromatic N) is 1. The number of rotatable bonds is 6. The van der Waals surface area contributed by atoms with Crippen LogP contribution in [0.5, 0.6) is 0 Å². The highest BCUT2D eigenvalue weighted by molar-refractivity contribution is 7.60. The van der Waals surface area contributed by atoms with Gasteiger partial charge < -0.3 is 29.6 Å². The highest BCUT2D eigenvalue weighted by Crippen LogP contribution is 2.61. The molecular formula is C11H10B3FN2O12P2. The first-order valence-electron chi connectivity index (χ1n) is 7.55. The van der Waals surface area contributed by atoms with Crippen LogP contribution < -0.4 is 11.2 Å². The van der Waals surface area contributed by atoms with Gasteiger partial charge >= 0.3 is 21.3 Å². The molecule has 1 aromatic heterocycles. The molecule has 1 aromatic rings. The second-order valence-electron chi connectivity index (χ2n) is 6.13. The molecule has 0 amide bonds. The van der Waals surface area contributed by atoms with Crippen LogP contribution in [-0.4, -0.2) is 81.4 Å². The van der Waals surface area contributed by atoms with Crippen LogP contribution in [0.1, 0.15) is 5.56 Å². The number of H-pyrrole nitrogens is 1. The van der Waals surface area contributed by atoms with Crippen LogP contribution in [0, 0.1) is 12.3 Å². The van der Waals surface area contributed by atoms with E-state index in [2.05, 4.69) is 13.6 Å². The Morgan fingerprint density at radius 3 is 2.32 bits per heavy atom. The second-order valence-corrected chi connectivity index (χ2v) is 8.88. The lowest BCUT2D eigenvalue weighted by Crippen LogP contribution is -2.60. The molecule has 1 fully saturated rings. The number of hydrogen-bond donors (Lipinski definition) is 6. The number of aliphatic hydroxyl groups is 2. The lowest BCUT2D eigenvalue weighted by Gasteiger charge is -2.41. The van der Waals surface area contributed by atoms with E-state index >= 15 is 4.39 Å². The molecule has 0 bridgehead atoms. The predicted octanol–water partition coefficient (Wildman–Crippen LogP) is -4.07. The van der Waals surface area contributed by atoms with Gasteiger partial charge in [0.1, 0.15) is 46.9 Å². The smallest absolute Gasteiger partial charge is 0.386 e. The van der Waals surface area contributed by atoms with Crippen LogP contribution in [0.2, 0.25) is 0 Å². The van der Waals surface area contributed by atoms with Crippen molar-refractivity contribution in [2.45, 2.75) is 29.1 Å². The Labute approximate surface area is 175 Å². The van der Waals surface area contributed by atoms with E-state index in [1.54, 1.807) is 4.98 Å². The third kappa shape index (κ3) is 4.67. The van der Waals surface area contributed by atoms with Gasteiger partial charge in [-0.15, -0.1) is 6.42 Å². The summed E-state index contributed by atoms with van der Waals surface area (Å²) < 4.78 is 50.1. The van der Waals surface area contributed by atoms with Gasteiger partial charge in [0.05, 0.1) is 5.40 Å². The van der Waals surface area contributed by atoms with Crippen molar-refractivity contribution in [3.05, 3.63) is 32.6 Å². The summed E-state index contributed by atoms with van der Waals surface area (Å²) in [6, 6.07) is 0. The maximum absolute atomic E-state index is 15.5. The third-order valence-electron chi connectivity index (χ3n) is 3.90. The fourth-order valence-corrected chi connectivity index (χ4v) is 4.24. The molecular weight excluding hydrogens is 466 g/mol. The van der Waals surface area contributed by atoms with E-state index in [0.29, 0.717) is 6.20 Å². The molecule has 5 atom stereocenters. The van der Waals surface area contributed by atoms with E-state index in [1.165, 1.54) is 0 Å². The van der Waals surface area contributed by atoms with Gasteiger partial charge in [0, 0.05) is 6.20 Å². The average molecular weight is 476 g/mol. The van der Waals surface area contributed by atoms with E-state index in [4.69, 9.17) is 39.7 Å². The van der Waals surface area contributed by atoms with E-state index in [0.717, 1.165) is 0 Å². The SMILES string of the molecule is [B]C([B])(OP(=O)(O)OP(=O)(O)O)[C@@]1(F)O[C@@]([B])(n2cc(C#C)c(=O)[nH]c2=O)[C@H](O)[C@@H]1O. The van der Waals surface area contributed by atoms with Crippen molar-refractivity contribution in [2.75, 3.05) is 0 Å². The standard InChI is InChI=1S/C11H10B3FN2O12P2/c1-2-4-3-17(8(21)16-7(4)20)10(12)6(19)5(18)9(15,27-10)11(13,14)28-31(25,26)29-30(22,23)24/h1,3,5-6,18-19H,(H,25,26)(H,16,20,21)(H2,22,23,24)/t5-,6+,9-,10-/m0/s1. The summed E-state index contributed by atoms with van der Waals surface area (Å²) in [6.45, 7) is 0. The number of ether oxygens (including phenoxy) is 1. The summed E-state index contributed by atoms with van der Waals surface area (Å²) in [4.78, 5) is 51.8. The Bertz CT molecular complexity index is 1150. The molecule has 2 rings (SSSR count). The Morgan fingerprint density at radius 1 is 1.29 bits per heavy atom. The first-order chi connectivity index (χ1) is 13.8. The second kappa shape index (κ2) is 7.82. The van der Waals surface area contributed by atoms with Crippen LogP contribution in [0.15, 0.2) is 15.8 Å². The van der Waals surface area contributed by atoms with Gasteiger partial charge in [0.25, 0.3) is 11.4 Å². The van der Waals surface area contributed by atoms with Gasteiger partial charge in [-0.3, -0.25) is 18.9 Å². The molecule has 31 heavy (non-hydrogen) atoms. The quantitative estimate of drug-likeness (QED) is 0.131. The van der Waals surface area contributed by atoms with Gasteiger partial charge in [0.15, 0.2) is 0 Å². The first kappa shape index (κ1) is 25.8. The zero-order chi connectivity index (χ0) is 24.2. The van der Waals surface area contributed by atoms with Crippen LogP contribution in [0.3, 0.4) is 0 Å². The number of phosphoric ester groups is 1. The number of alkyl halides is 1. The molecule has 6 radical (unpaired) electrons. The van der Waals surface area contributed by atoms with Crippen molar-refractivity contribution >= 4 is 39.2 Å². The summed E-state index contributed by atoms with van der Waals surface area (Å²) in [6.07, 6.45) is 0.0709. The lowest BCUT2D eigenvalue weighted by molar-refractivity contribution is -0.239. The fraction of sp³-hybridized carbons (Fsp3) is 0.455. The monoisotopic (exact) mass is 476 g/mol. The summed E-state index contributed by atoms with van der Waals surface area (Å²) in [5.74, 6) is -2.29. The number of halogens is 1. The fourth-order valence-electron chi connectivity index (χ4n) is 2.53. The molecule has 20 heteroatoms. The van der Waals surface area contributed by atoms with Gasteiger partial charge in [-0.25, -0.2) is 18.3 Å². The van der Waals surface area contributed by atoms with Crippen molar-refractivity contribution in [2.24, 2.45) is 0 Å². The molecule has 0 saturated carbocycles. The highest BCUT2D eigenvalue weighted by atomic mass is 31.3. The minimum atomic E-state index is -5.93. The number of terminal acetylenes is 1. The van der Waals surface area contributed by atoms with Crippen molar-refractivity contribution in [3.8, 4) is 12.3 Å². The van der Waals surface area contributed by atoms with Crippen molar-refractivity contribution in [1.82, 2.24) is 9.55 Å². The first-order valence-corrected chi connectivity index (χ1v) is 10.6. The number of nitrogens with one attached hydrogen (secondary N) is 1. The largest absolute Gasteiger partial charge is 0.480 e. The van der Waals surface area contributed by atoms with Crippen LogP contribution in [0.25, 0.3) is 0 Å². The van der Waals surface area contributed by atoms with Gasteiger partial charge in [-0.05, 0) is 0 Å². The van der Waals surface area contributed by atoms with Gasteiger partial charge in [-0.1, -0.05) is 5.92 Å². The molecule has 1 aliphatic heterocycles. The Balaban J connectivity index is 2.55. The molecule has 0 aliphatic carbocycles. The minimum Gasteiger partial charge on any atom is -0.386 e. The molecule has 2 heterocycles. The molecule has 1 aliphatic rings. The Kier molecular flexibility index (Phi) is 6.50. The molecule has 6 N–H and O–H groups in total. The molecule has 1 saturated heterocycles. The van der Waals surface area contributed by atoms with Crippen LogP contribution >= 0.6 is 15.6 Å². The number of hydrogen-bond acceptors (Lipinski definition) is 9. The predicted molar refractivity (Wildman–Crippen MR) is 98.2 cm³/mol. The van der Waals surface area contributed by atoms with Gasteiger partial charge in [-0.2, -0.15) is 4.31 Å². The van der Waals surface area contributed by atoms with Gasteiger partial charge in [0.2, 0.25) is 0 Å². The van der Waals surface area contributed by atoms with Crippen molar-refractivity contribution in [1.29, 1.82) is 0 Å². The van der Waals surface area contributed by atoms with E-state index in [1.807, 2.05) is 5.92 Å². The van der Waals surface area contributed by atoms with Crippen molar-refractivity contribution in [3.63, 3.8) is 0 Å². The van der Waals surface area contributed by atoms with E-state index < -0.39 is 61.5 Å². The van der Waals surface area contributed by atoms with Crippen LogP contribution in [-0.2, 0) is 28.3 Å². The molecule has 0 aromatic carbocycles. The summed E-state index contributed by atoms with van der Waals surface area (Å²) in [5.41, 5.74) is -6.14. The number of aromatic nitrogens is 2. The third-order valence-corrected chi connectivity index (χ3v) is 6.11. The molecule has 0 spiro atoms. The molecule has 14 nitrogen and oxygen atoms in total. The average Bonchev–Trinajstić information content (AvgIpc) is 2.74. The maximum atomic E-state index is 15.5. The summed E-state index contributed by atoms with van der Waals surface area (Å²) in [5, 5.41) is 16.5. The number of aromatic amines is 1. The van der Waals surface area contributed by atoms with Crippen molar-refractivity contribution < 1.29 is 52.0 Å².